The lowest BCUT2D eigenvalue weighted by atomic mass is 9.91. The third-order valence-electron chi connectivity index (χ3n) is 3.31. The molecule has 0 amide bonds. The van der Waals surface area contributed by atoms with Gasteiger partial charge in [0.15, 0.2) is 0 Å². The quantitative estimate of drug-likeness (QED) is 0.855. The van der Waals surface area contributed by atoms with E-state index in [1.807, 2.05) is 0 Å². The van der Waals surface area contributed by atoms with Crippen LogP contribution in [0.4, 0.5) is 13.2 Å². The minimum absolute atomic E-state index is 0.0476. The van der Waals surface area contributed by atoms with Crippen molar-refractivity contribution < 1.29 is 18.3 Å². The monoisotopic (exact) mass is 259 g/mol. The normalized spacial score (nSPS) is 20.9. The average Bonchev–Trinajstić information content (AvgIpc) is 2.32. The van der Waals surface area contributed by atoms with Gasteiger partial charge in [-0.25, -0.2) is 0 Å². The second kappa shape index (κ2) is 5.18. The SMILES string of the molecule is Oc1ccc(C(F)(F)F)cc1CC1CCCNC1. The highest BCUT2D eigenvalue weighted by Gasteiger charge is 2.31. The first-order chi connectivity index (χ1) is 8.47. The number of benzene rings is 1. The molecule has 0 spiro atoms. The lowest BCUT2D eigenvalue weighted by Crippen LogP contribution is -2.30. The van der Waals surface area contributed by atoms with Gasteiger partial charge in [-0.05, 0) is 62.0 Å². The maximum atomic E-state index is 12.6. The zero-order valence-electron chi connectivity index (χ0n) is 9.93. The summed E-state index contributed by atoms with van der Waals surface area (Å²) in [6.07, 6.45) is -1.84. The molecule has 2 rings (SSSR count). The van der Waals surface area contributed by atoms with E-state index < -0.39 is 11.7 Å². The number of aromatic hydroxyl groups is 1. The van der Waals surface area contributed by atoms with Gasteiger partial charge in [0.05, 0.1) is 5.56 Å². The van der Waals surface area contributed by atoms with Crippen molar-refractivity contribution in [2.75, 3.05) is 13.1 Å². The van der Waals surface area contributed by atoms with Gasteiger partial charge < -0.3 is 10.4 Å². The standard InChI is InChI=1S/C13H16F3NO/c14-13(15,16)11-3-4-12(18)10(7-11)6-9-2-1-5-17-8-9/h3-4,7,9,17-18H,1-2,5-6,8H2. The second-order valence-electron chi connectivity index (χ2n) is 4.76. The van der Waals surface area contributed by atoms with Crippen LogP contribution < -0.4 is 5.32 Å². The highest BCUT2D eigenvalue weighted by atomic mass is 19.4. The average molecular weight is 259 g/mol. The lowest BCUT2D eigenvalue weighted by Gasteiger charge is -2.23. The Hall–Kier alpha value is -1.23. The minimum atomic E-state index is -4.35. The van der Waals surface area contributed by atoms with Crippen LogP contribution in [0.15, 0.2) is 18.2 Å². The fourth-order valence-electron chi connectivity index (χ4n) is 2.33. The molecule has 1 fully saturated rings. The summed E-state index contributed by atoms with van der Waals surface area (Å²) in [6.45, 7) is 1.76. The molecule has 1 unspecified atom stereocenters. The van der Waals surface area contributed by atoms with Gasteiger partial charge >= 0.3 is 6.18 Å². The molecule has 100 valence electrons. The summed E-state index contributed by atoms with van der Waals surface area (Å²) in [4.78, 5) is 0. The van der Waals surface area contributed by atoms with Crippen molar-refractivity contribution in [2.45, 2.75) is 25.4 Å². The number of halogens is 3. The zero-order valence-corrected chi connectivity index (χ0v) is 9.93. The first-order valence-corrected chi connectivity index (χ1v) is 6.06. The van der Waals surface area contributed by atoms with Crippen LogP contribution in [0.5, 0.6) is 5.75 Å². The molecule has 1 aliphatic rings. The van der Waals surface area contributed by atoms with Crippen molar-refractivity contribution in [1.29, 1.82) is 0 Å². The Kier molecular flexibility index (Phi) is 3.80. The molecule has 1 aromatic carbocycles. The van der Waals surface area contributed by atoms with Crippen LogP contribution in [-0.4, -0.2) is 18.2 Å². The summed E-state index contributed by atoms with van der Waals surface area (Å²) in [6, 6.07) is 3.11. The number of phenols is 1. The third-order valence-corrected chi connectivity index (χ3v) is 3.31. The predicted molar refractivity (Wildman–Crippen MR) is 62.4 cm³/mol. The summed E-state index contributed by atoms with van der Waals surface area (Å²) in [5, 5.41) is 12.9. The van der Waals surface area contributed by atoms with Crippen molar-refractivity contribution in [3.8, 4) is 5.75 Å². The maximum absolute atomic E-state index is 12.6. The molecular weight excluding hydrogens is 243 g/mol. The Bertz CT molecular complexity index is 411. The molecule has 5 heteroatoms. The number of hydrogen-bond acceptors (Lipinski definition) is 2. The van der Waals surface area contributed by atoms with Crippen molar-refractivity contribution in [3.05, 3.63) is 29.3 Å². The van der Waals surface area contributed by atoms with E-state index in [1.54, 1.807) is 0 Å². The van der Waals surface area contributed by atoms with E-state index in [1.165, 1.54) is 0 Å². The first-order valence-electron chi connectivity index (χ1n) is 6.06. The van der Waals surface area contributed by atoms with Gasteiger partial charge in [0, 0.05) is 0 Å². The third kappa shape index (κ3) is 3.16. The van der Waals surface area contributed by atoms with Gasteiger partial charge in [-0.15, -0.1) is 0 Å². The van der Waals surface area contributed by atoms with Crippen LogP contribution in [-0.2, 0) is 12.6 Å². The molecule has 0 aromatic heterocycles. The van der Waals surface area contributed by atoms with Gasteiger partial charge in [-0.2, -0.15) is 13.2 Å². The molecule has 1 heterocycles. The van der Waals surface area contributed by atoms with Crippen LogP contribution in [0.1, 0.15) is 24.0 Å². The predicted octanol–water partition coefficient (Wildman–Crippen LogP) is 2.95. The Morgan fingerprint density at radius 1 is 1.33 bits per heavy atom. The van der Waals surface area contributed by atoms with Crippen molar-refractivity contribution in [1.82, 2.24) is 5.32 Å². The highest BCUT2D eigenvalue weighted by Crippen LogP contribution is 2.33. The van der Waals surface area contributed by atoms with E-state index in [0.717, 1.165) is 44.1 Å². The maximum Gasteiger partial charge on any atom is 0.416 e. The van der Waals surface area contributed by atoms with E-state index in [2.05, 4.69) is 5.32 Å². The smallest absolute Gasteiger partial charge is 0.416 e. The van der Waals surface area contributed by atoms with Crippen LogP contribution >= 0.6 is 0 Å². The summed E-state index contributed by atoms with van der Waals surface area (Å²) >= 11 is 0. The summed E-state index contributed by atoms with van der Waals surface area (Å²) in [5.74, 6) is 0.252. The van der Waals surface area contributed by atoms with Crippen LogP contribution in [0, 0.1) is 5.92 Å². The van der Waals surface area contributed by atoms with E-state index in [4.69, 9.17) is 0 Å². The molecule has 2 nitrogen and oxygen atoms in total. The summed E-state index contributed by atoms with van der Waals surface area (Å²) in [7, 11) is 0. The van der Waals surface area contributed by atoms with E-state index in [9.17, 15) is 18.3 Å². The molecule has 1 saturated heterocycles. The molecule has 0 bridgehead atoms. The van der Waals surface area contributed by atoms with Crippen molar-refractivity contribution in [3.63, 3.8) is 0 Å². The molecule has 1 atom stereocenters. The molecular formula is C13H16F3NO. The molecule has 1 aliphatic heterocycles. The number of nitrogens with one attached hydrogen (secondary N) is 1. The molecule has 18 heavy (non-hydrogen) atoms. The van der Waals surface area contributed by atoms with Gasteiger partial charge in [0.1, 0.15) is 5.75 Å². The number of phenolic OH excluding ortho intramolecular Hbond substituents is 1. The number of hydrogen-bond donors (Lipinski definition) is 2. The van der Waals surface area contributed by atoms with Crippen LogP contribution in [0.3, 0.4) is 0 Å². The summed E-state index contributed by atoms with van der Waals surface area (Å²) in [5.41, 5.74) is -0.308. The van der Waals surface area contributed by atoms with Crippen molar-refractivity contribution in [2.24, 2.45) is 5.92 Å². The fraction of sp³-hybridized carbons (Fsp3) is 0.538. The van der Waals surface area contributed by atoms with Gasteiger partial charge in [0.25, 0.3) is 0 Å². The van der Waals surface area contributed by atoms with Gasteiger partial charge in [0.2, 0.25) is 0 Å². The van der Waals surface area contributed by atoms with Gasteiger partial charge in [-0.3, -0.25) is 0 Å². The number of rotatable bonds is 2. The Morgan fingerprint density at radius 3 is 2.72 bits per heavy atom. The highest BCUT2D eigenvalue weighted by molar-refractivity contribution is 5.37. The number of alkyl halides is 3. The van der Waals surface area contributed by atoms with Crippen molar-refractivity contribution >= 4 is 0 Å². The molecule has 0 radical (unpaired) electrons. The largest absolute Gasteiger partial charge is 0.508 e. The van der Waals surface area contributed by atoms with Crippen LogP contribution in [0.25, 0.3) is 0 Å². The topological polar surface area (TPSA) is 32.3 Å². The Morgan fingerprint density at radius 2 is 2.11 bits per heavy atom. The second-order valence-corrected chi connectivity index (χ2v) is 4.76. The molecule has 0 aliphatic carbocycles. The van der Waals surface area contributed by atoms with Gasteiger partial charge in [-0.1, -0.05) is 0 Å². The summed E-state index contributed by atoms with van der Waals surface area (Å²) < 4.78 is 37.8. The van der Waals surface area contributed by atoms with Crippen LogP contribution in [0.2, 0.25) is 0 Å². The molecule has 1 aromatic rings. The minimum Gasteiger partial charge on any atom is -0.508 e. The first kappa shape index (κ1) is 13.2. The number of piperidine rings is 1. The Balaban J connectivity index is 2.15. The molecule has 0 saturated carbocycles. The fourth-order valence-corrected chi connectivity index (χ4v) is 2.33. The molecule has 2 N–H and O–H groups in total. The van der Waals surface area contributed by atoms with E-state index >= 15 is 0 Å². The lowest BCUT2D eigenvalue weighted by molar-refractivity contribution is -0.137. The zero-order chi connectivity index (χ0) is 13.2. The van der Waals surface area contributed by atoms with E-state index in [-0.39, 0.29) is 5.75 Å². The Labute approximate surface area is 104 Å². The van der Waals surface area contributed by atoms with E-state index in [0.29, 0.717) is 17.9 Å².